The fourth-order valence-electron chi connectivity index (χ4n) is 11.8. The van der Waals surface area contributed by atoms with E-state index in [-0.39, 0.29) is 53.5 Å². The first-order valence-electron chi connectivity index (χ1n) is 23.0. The summed E-state index contributed by atoms with van der Waals surface area (Å²) < 4.78 is 36.1. The minimum Gasteiger partial charge on any atom is -0.384 e. The number of nitrogens with one attached hydrogen (secondary N) is 3. The summed E-state index contributed by atoms with van der Waals surface area (Å²) in [6, 6.07) is 8.00. The SMILES string of the molecule is O=C1CCC(N2C(=O)c3cccc(NCC4CC5(CCN(CC6CCC(n7cc(NC(=O)c8ncnc9ccc(N%10C[C@H]%11CC%10CO%11)nc89)c(C(F)F)n7)CC6)CC5)C4)c3C2=O)C(=O)N1. The normalized spacial score (nSPS) is 26.6. The lowest BCUT2D eigenvalue weighted by Gasteiger charge is -2.53. The van der Waals surface area contributed by atoms with E-state index in [1.807, 2.05) is 6.07 Å². The number of imide groups is 2. The molecule has 17 nitrogen and oxygen atoms in total. The smallest absolute Gasteiger partial charge is 0.284 e. The molecule has 1 aromatic carbocycles. The van der Waals surface area contributed by atoms with Gasteiger partial charge in [-0.3, -0.25) is 38.9 Å². The number of aromatic nitrogens is 5. The number of anilines is 3. The number of hydrogen-bond acceptors (Lipinski definition) is 13. The summed E-state index contributed by atoms with van der Waals surface area (Å²) in [7, 11) is 0. The molecule has 1 spiro atoms. The molecule has 19 heteroatoms. The molecule has 5 amide bonds. The number of fused-ring (bicyclic) bond motifs is 4. The van der Waals surface area contributed by atoms with Gasteiger partial charge >= 0.3 is 0 Å². The van der Waals surface area contributed by atoms with Crippen molar-refractivity contribution in [3.63, 3.8) is 0 Å². The summed E-state index contributed by atoms with van der Waals surface area (Å²) in [5.41, 5.74) is 1.76. The molecule has 3 aromatic heterocycles. The van der Waals surface area contributed by atoms with Gasteiger partial charge in [0.2, 0.25) is 11.8 Å². The van der Waals surface area contributed by atoms with Crippen LogP contribution in [-0.2, 0) is 14.3 Å². The fraction of sp³-hybridized carbons (Fsp3) is 0.543. The lowest BCUT2D eigenvalue weighted by Crippen LogP contribution is -2.54. The molecular weight excluding hydrogens is 841 g/mol. The average Bonchev–Trinajstić information content (AvgIpc) is 4.10. The number of morpholine rings is 1. The largest absolute Gasteiger partial charge is 0.384 e. The van der Waals surface area contributed by atoms with Crippen molar-refractivity contribution in [3.05, 3.63) is 65.4 Å². The topological polar surface area (TPSA) is 197 Å². The zero-order chi connectivity index (χ0) is 44.6. The maximum atomic E-state index is 14.4. The van der Waals surface area contributed by atoms with Gasteiger partial charge in [-0.1, -0.05) is 6.07 Å². The molecular formula is C46H51F2N11O6. The minimum atomic E-state index is -2.88. The summed E-state index contributed by atoms with van der Waals surface area (Å²) in [6.45, 7) is 5.10. The van der Waals surface area contributed by atoms with Crippen molar-refractivity contribution in [2.45, 2.75) is 101 Å². The van der Waals surface area contributed by atoms with Crippen LogP contribution >= 0.6 is 0 Å². The number of likely N-dealkylation sites (tertiary alicyclic amines) is 1. The molecule has 4 saturated heterocycles. The molecule has 2 bridgehead atoms. The third kappa shape index (κ3) is 7.68. The monoisotopic (exact) mass is 891 g/mol. The van der Waals surface area contributed by atoms with E-state index >= 15 is 0 Å². The van der Waals surface area contributed by atoms with Gasteiger partial charge in [0.1, 0.15) is 23.7 Å². The minimum absolute atomic E-state index is 0.00993. The Kier molecular flexibility index (Phi) is 10.6. The quantitative estimate of drug-likeness (QED) is 0.168. The highest BCUT2D eigenvalue weighted by Crippen LogP contribution is 2.53. The molecule has 7 aliphatic rings. The maximum absolute atomic E-state index is 14.4. The molecule has 3 atom stereocenters. The van der Waals surface area contributed by atoms with E-state index in [1.165, 1.54) is 12.5 Å². The second kappa shape index (κ2) is 16.5. The van der Waals surface area contributed by atoms with Crippen molar-refractivity contribution in [3.8, 4) is 0 Å². The number of nitrogens with zero attached hydrogens (tertiary/aromatic N) is 8. The highest BCUT2D eigenvalue weighted by Gasteiger charge is 2.48. The van der Waals surface area contributed by atoms with E-state index in [4.69, 9.17) is 9.72 Å². The van der Waals surface area contributed by atoms with Gasteiger partial charge < -0.3 is 25.2 Å². The number of carbonyl (C=O) groups is 5. The van der Waals surface area contributed by atoms with Crippen LogP contribution in [0.5, 0.6) is 0 Å². The van der Waals surface area contributed by atoms with E-state index in [2.05, 4.69) is 40.8 Å². The van der Waals surface area contributed by atoms with Crippen LogP contribution in [0, 0.1) is 17.3 Å². The zero-order valence-corrected chi connectivity index (χ0v) is 35.9. The van der Waals surface area contributed by atoms with Gasteiger partial charge in [-0.25, -0.2) is 23.7 Å². The predicted octanol–water partition coefficient (Wildman–Crippen LogP) is 5.13. The van der Waals surface area contributed by atoms with Crippen LogP contribution in [0.3, 0.4) is 0 Å². The number of rotatable bonds is 11. The van der Waals surface area contributed by atoms with Crippen LogP contribution < -0.4 is 20.9 Å². The number of amides is 5. The molecule has 3 N–H and O–H groups in total. The third-order valence-corrected chi connectivity index (χ3v) is 15.2. The van der Waals surface area contributed by atoms with Gasteiger partial charge in [0.05, 0.1) is 47.1 Å². The van der Waals surface area contributed by atoms with E-state index in [0.717, 1.165) is 82.3 Å². The molecule has 2 saturated carbocycles. The second-order valence-corrected chi connectivity index (χ2v) is 19.2. The first-order valence-corrected chi connectivity index (χ1v) is 23.0. The Bertz CT molecular complexity index is 2580. The molecule has 4 aromatic rings. The molecule has 0 radical (unpaired) electrons. The Morgan fingerprint density at radius 1 is 0.938 bits per heavy atom. The first-order chi connectivity index (χ1) is 31.5. The molecule has 340 valence electrons. The maximum Gasteiger partial charge on any atom is 0.284 e. The zero-order valence-electron chi connectivity index (χ0n) is 35.9. The highest BCUT2D eigenvalue weighted by atomic mass is 19.3. The molecule has 65 heavy (non-hydrogen) atoms. The van der Waals surface area contributed by atoms with Crippen LogP contribution in [0.1, 0.15) is 120 Å². The van der Waals surface area contributed by atoms with E-state index < -0.39 is 47.7 Å². The van der Waals surface area contributed by atoms with Crippen LogP contribution in [0.4, 0.5) is 26.0 Å². The van der Waals surface area contributed by atoms with Crippen molar-refractivity contribution in [2.75, 3.05) is 54.9 Å². The van der Waals surface area contributed by atoms with Crippen molar-refractivity contribution < 1.29 is 37.5 Å². The Morgan fingerprint density at radius 2 is 1.75 bits per heavy atom. The number of hydrogen-bond donors (Lipinski definition) is 3. The highest BCUT2D eigenvalue weighted by molar-refractivity contribution is 6.25. The van der Waals surface area contributed by atoms with Crippen molar-refractivity contribution in [1.29, 1.82) is 0 Å². The van der Waals surface area contributed by atoms with Gasteiger partial charge in [0.15, 0.2) is 11.4 Å². The summed E-state index contributed by atoms with van der Waals surface area (Å²) >= 11 is 0. The molecule has 2 aliphatic carbocycles. The number of ether oxygens (including phenoxy) is 1. The number of pyridine rings is 1. The number of halogens is 2. The van der Waals surface area contributed by atoms with Crippen LogP contribution in [0.2, 0.25) is 0 Å². The Hall–Kier alpha value is -5.95. The number of piperidine rings is 2. The van der Waals surface area contributed by atoms with Gasteiger partial charge in [-0.2, -0.15) is 5.10 Å². The number of benzene rings is 1. The van der Waals surface area contributed by atoms with Gasteiger partial charge in [0, 0.05) is 37.9 Å². The van der Waals surface area contributed by atoms with Gasteiger partial charge in [-0.15, -0.1) is 0 Å². The van der Waals surface area contributed by atoms with E-state index in [1.54, 1.807) is 28.9 Å². The molecule has 6 fully saturated rings. The van der Waals surface area contributed by atoms with Crippen molar-refractivity contribution >= 4 is 57.8 Å². The lowest BCUT2D eigenvalue weighted by molar-refractivity contribution is -0.136. The third-order valence-electron chi connectivity index (χ3n) is 15.2. The Balaban J connectivity index is 0.651. The van der Waals surface area contributed by atoms with E-state index in [0.29, 0.717) is 59.5 Å². The molecule has 5 aliphatic heterocycles. The second-order valence-electron chi connectivity index (χ2n) is 19.2. The summed E-state index contributed by atoms with van der Waals surface area (Å²) in [6.07, 6.45) is 9.19. The first kappa shape index (κ1) is 41.7. The Labute approximate surface area is 373 Å². The Morgan fingerprint density at radius 3 is 2.49 bits per heavy atom. The molecule has 2 unspecified atom stereocenters. The van der Waals surface area contributed by atoms with Crippen molar-refractivity contribution in [2.24, 2.45) is 17.3 Å². The summed E-state index contributed by atoms with van der Waals surface area (Å²) in [4.78, 5) is 83.7. The van der Waals surface area contributed by atoms with Crippen molar-refractivity contribution in [1.82, 2.24) is 39.8 Å². The summed E-state index contributed by atoms with van der Waals surface area (Å²) in [5, 5.41) is 12.7. The van der Waals surface area contributed by atoms with Gasteiger partial charge in [0.25, 0.3) is 24.1 Å². The standard InChI is InChI=1S/C46H51F2N11O6/c47-41(48)39-33(52-43(62)40-38-32(50-24-51-40)8-10-35(53-38)57-21-29-16-28(57)23-65-29)22-58(55-39)27-6-4-25(5-7-27)20-56-14-12-46(13-15-56)17-26(18-46)19-49-31-3-1-2-30-37(31)45(64)59(44(30)63)34-9-11-36(60)54-42(34)61/h1-3,8,10,22,24-29,34,41,49H,4-7,9,11-21,23H2,(H,52,62)(H,54,60,61)/t25?,27?,28?,29-,34?/m1/s1. The lowest BCUT2D eigenvalue weighted by atomic mass is 9.57. The molecule has 8 heterocycles. The van der Waals surface area contributed by atoms with Crippen LogP contribution in [0.15, 0.2) is 42.9 Å². The fourth-order valence-corrected chi connectivity index (χ4v) is 11.8. The van der Waals surface area contributed by atoms with Gasteiger partial charge in [-0.05, 0) is 119 Å². The predicted molar refractivity (Wildman–Crippen MR) is 231 cm³/mol. The van der Waals surface area contributed by atoms with E-state index in [9.17, 15) is 32.8 Å². The van der Waals surface area contributed by atoms with Crippen LogP contribution in [0.25, 0.3) is 11.0 Å². The number of carbonyl (C=O) groups excluding carboxylic acids is 5. The number of alkyl halides is 2. The molecule has 11 rings (SSSR count). The average molecular weight is 892 g/mol. The van der Waals surface area contributed by atoms with Crippen LogP contribution in [-0.4, -0.2) is 122 Å². The summed E-state index contributed by atoms with van der Waals surface area (Å²) in [5.74, 6) is -1.05.